The van der Waals surface area contributed by atoms with Gasteiger partial charge in [0.2, 0.25) is 0 Å². The predicted molar refractivity (Wildman–Crippen MR) is 57.8 cm³/mol. The Balaban J connectivity index is 1.97. The van der Waals surface area contributed by atoms with Crippen molar-refractivity contribution in [2.24, 2.45) is 5.92 Å². The first-order valence-electron chi connectivity index (χ1n) is 5.06. The lowest BCUT2D eigenvalue weighted by molar-refractivity contribution is -0.140. The Bertz CT molecular complexity index is 335. The molecule has 0 aliphatic heterocycles. The van der Waals surface area contributed by atoms with E-state index in [1.165, 1.54) is 0 Å². The highest BCUT2D eigenvalue weighted by Gasteiger charge is 2.37. The molecule has 0 radical (unpaired) electrons. The highest BCUT2D eigenvalue weighted by atomic mass is 32.1. The summed E-state index contributed by atoms with van der Waals surface area (Å²) in [7, 11) is 0. The van der Waals surface area contributed by atoms with E-state index in [0.29, 0.717) is 5.92 Å². The number of hydrogen-bond donors (Lipinski definition) is 2. The molecule has 2 atom stereocenters. The fourth-order valence-corrected chi connectivity index (χ4v) is 2.28. The second-order valence-electron chi connectivity index (χ2n) is 3.91. The third kappa shape index (κ3) is 2.54. The fourth-order valence-electron chi connectivity index (χ4n) is 1.63. The molecular weight excluding hydrogens is 212 g/mol. The molecule has 2 rings (SSSR count). The summed E-state index contributed by atoms with van der Waals surface area (Å²) >= 11 is 1.55. The average Bonchev–Trinajstić information content (AvgIpc) is 2.87. The Morgan fingerprint density at radius 2 is 2.47 bits per heavy atom. The topological polar surface area (TPSA) is 62.2 Å². The lowest BCUT2D eigenvalue weighted by atomic mass is 10.1. The smallest absolute Gasteiger partial charge is 0.321 e. The first-order chi connectivity index (χ1) is 7.18. The minimum Gasteiger partial charge on any atom is -0.480 e. The zero-order chi connectivity index (χ0) is 10.8. The van der Waals surface area contributed by atoms with Crippen molar-refractivity contribution >= 4 is 17.3 Å². The van der Waals surface area contributed by atoms with Crippen LogP contribution in [-0.4, -0.2) is 22.1 Å². The van der Waals surface area contributed by atoms with Crippen LogP contribution < -0.4 is 5.32 Å². The second-order valence-corrected chi connectivity index (χ2v) is 4.84. The number of thiazole rings is 1. The molecule has 82 valence electrons. The van der Waals surface area contributed by atoms with Gasteiger partial charge in [-0.2, -0.15) is 0 Å². The standard InChI is InChI=1S/C10H14N2O2S/c1-6(9-11-4-5-15-9)12-8(10(13)14)7-2-3-7/h4-8,12H,2-3H2,1H3,(H,13,14). The monoisotopic (exact) mass is 226 g/mol. The van der Waals surface area contributed by atoms with Gasteiger partial charge < -0.3 is 5.11 Å². The lowest BCUT2D eigenvalue weighted by Gasteiger charge is -2.17. The number of carbonyl (C=O) groups is 1. The lowest BCUT2D eigenvalue weighted by Crippen LogP contribution is -2.39. The zero-order valence-electron chi connectivity index (χ0n) is 8.51. The van der Waals surface area contributed by atoms with Crippen molar-refractivity contribution in [2.45, 2.75) is 31.8 Å². The molecule has 5 heteroatoms. The summed E-state index contributed by atoms with van der Waals surface area (Å²) in [5, 5.41) is 15.0. The van der Waals surface area contributed by atoms with Crippen LogP contribution in [0.4, 0.5) is 0 Å². The van der Waals surface area contributed by atoms with E-state index in [9.17, 15) is 4.79 Å². The van der Waals surface area contributed by atoms with E-state index in [1.54, 1.807) is 17.5 Å². The SMILES string of the molecule is CC(NC(C(=O)O)C1CC1)c1nccs1. The minimum absolute atomic E-state index is 0.0201. The quantitative estimate of drug-likeness (QED) is 0.801. The molecule has 4 nitrogen and oxygen atoms in total. The molecule has 0 bridgehead atoms. The Morgan fingerprint density at radius 1 is 1.73 bits per heavy atom. The number of carboxylic acid groups (broad SMARTS) is 1. The van der Waals surface area contributed by atoms with Gasteiger partial charge in [-0.1, -0.05) is 0 Å². The molecule has 1 aromatic rings. The zero-order valence-corrected chi connectivity index (χ0v) is 9.33. The van der Waals surface area contributed by atoms with E-state index >= 15 is 0 Å². The van der Waals surface area contributed by atoms with Crippen molar-refractivity contribution in [3.63, 3.8) is 0 Å². The molecule has 1 fully saturated rings. The number of carboxylic acids is 1. The van der Waals surface area contributed by atoms with Crippen molar-refractivity contribution in [3.8, 4) is 0 Å². The van der Waals surface area contributed by atoms with E-state index in [1.807, 2.05) is 12.3 Å². The number of rotatable bonds is 5. The van der Waals surface area contributed by atoms with Crippen LogP contribution in [0.25, 0.3) is 0 Å². The minimum atomic E-state index is -0.749. The van der Waals surface area contributed by atoms with Gasteiger partial charge in [0, 0.05) is 11.6 Å². The molecule has 1 aromatic heterocycles. The Hall–Kier alpha value is -0.940. The molecule has 1 aliphatic carbocycles. The van der Waals surface area contributed by atoms with Crippen LogP contribution >= 0.6 is 11.3 Å². The van der Waals surface area contributed by atoms with Crippen LogP contribution in [0.2, 0.25) is 0 Å². The summed E-state index contributed by atoms with van der Waals surface area (Å²) in [5.41, 5.74) is 0. The van der Waals surface area contributed by atoms with E-state index in [0.717, 1.165) is 17.8 Å². The molecule has 0 saturated heterocycles. The summed E-state index contributed by atoms with van der Waals surface area (Å²) in [6.07, 6.45) is 3.79. The Morgan fingerprint density at radius 3 is 2.93 bits per heavy atom. The van der Waals surface area contributed by atoms with E-state index in [2.05, 4.69) is 10.3 Å². The summed E-state index contributed by atoms with van der Waals surface area (Å²) in [5.74, 6) is -0.439. The van der Waals surface area contributed by atoms with Gasteiger partial charge in [0.15, 0.2) is 0 Å². The maximum Gasteiger partial charge on any atom is 0.321 e. The maximum atomic E-state index is 11.0. The largest absolute Gasteiger partial charge is 0.480 e. The molecule has 2 N–H and O–H groups in total. The maximum absolute atomic E-state index is 11.0. The van der Waals surface area contributed by atoms with Crippen LogP contribution in [0.15, 0.2) is 11.6 Å². The molecule has 0 aromatic carbocycles. The number of nitrogens with zero attached hydrogens (tertiary/aromatic N) is 1. The number of hydrogen-bond acceptors (Lipinski definition) is 4. The highest BCUT2D eigenvalue weighted by molar-refractivity contribution is 7.09. The molecule has 0 amide bonds. The normalized spacial score (nSPS) is 19.8. The van der Waals surface area contributed by atoms with Gasteiger partial charge in [-0.25, -0.2) is 4.98 Å². The van der Waals surface area contributed by atoms with Gasteiger partial charge >= 0.3 is 5.97 Å². The first kappa shape index (κ1) is 10.6. The van der Waals surface area contributed by atoms with Crippen molar-refractivity contribution < 1.29 is 9.90 Å². The average molecular weight is 226 g/mol. The van der Waals surface area contributed by atoms with Gasteiger partial charge in [0.05, 0.1) is 6.04 Å². The van der Waals surface area contributed by atoms with Crippen molar-refractivity contribution in [3.05, 3.63) is 16.6 Å². The Labute approximate surface area is 92.3 Å². The van der Waals surface area contributed by atoms with E-state index in [-0.39, 0.29) is 6.04 Å². The summed E-state index contributed by atoms with van der Waals surface area (Å²) < 4.78 is 0. The molecule has 1 aliphatic rings. The predicted octanol–water partition coefficient (Wildman–Crippen LogP) is 1.66. The summed E-state index contributed by atoms with van der Waals surface area (Å²) in [4.78, 5) is 15.2. The van der Waals surface area contributed by atoms with Gasteiger partial charge in [-0.05, 0) is 25.7 Å². The van der Waals surface area contributed by atoms with Crippen molar-refractivity contribution in [2.75, 3.05) is 0 Å². The van der Waals surface area contributed by atoms with E-state index in [4.69, 9.17) is 5.11 Å². The first-order valence-corrected chi connectivity index (χ1v) is 5.94. The molecule has 0 spiro atoms. The molecular formula is C10H14N2O2S. The molecule has 1 saturated carbocycles. The van der Waals surface area contributed by atoms with Gasteiger partial charge in [-0.15, -0.1) is 11.3 Å². The number of nitrogens with one attached hydrogen (secondary N) is 1. The van der Waals surface area contributed by atoms with Crippen LogP contribution in [-0.2, 0) is 4.79 Å². The number of aromatic nitrogens is 1. The van der Waals surface area contributed by atoms with Gasteiger partial charge in [-0.3, -0.25) is 10.1 Å². The second kappa shape index (κ2) is 4.28. The van der Waals surface area contributed by atoms with E-state index < -0.39 is 12.0 Å². The highest BCUT2D eigenvalue weighted by Crippen LogP contribution is 2.34. The molecule has 15 heavy (non-hydrogen) atoms. The fraction of sp³-hybridized carbons (Fsp3) is 0.600. The Kier molecular flexibility index (Phi) is 3.02. The van der Waals surface area contributed by atoms with Crippen LogP contribution in [0.3, 0.4) is 0 Å². The molecule has 1 heterocycles. The third-order valence-electron chi connectivity index (χ3n) is 2.61. The summed E-state index contributed by atoms with van der Waals surface area (Å²) in [6, 6.07) is -0.393. The van der Waals surface area contributed by atoms with Gasteiger partial charge in [0.25, 0.3) is 0 Å². The van der Waals surface area contributed by atoms with Crippen molar-refractivity contribution in [1.82, 2.24) is 10.3 Å². The van der Waals surface area contributed by atoms with Crippen molar-refractivity contribution in [1.29, 1.82) is 0 Å². The van der Waals surface area contributed by atoms with Crippen LogP contribution in [0.1, 0.15) is 30.8 Å². The van der Waals surface area contributed by atoms with Crippen LogP contribution in [0, 0.1) is 5.92 Å². The third-order valence-corrected chi connectivity index (χ3v) is 3.57. The van der Waals surface area contributed by atoms with Gasteiger partial charge in [0.1, 0.15) is 11.0 Å². The summed E-state index contributed by atoms with van der Waals surface area (Å²) in [6.45, 7) is 1.96. The molecule has 2 unspecified atom stereocenters. The van der Waals surface area contributed by atoms with Crippen LogP contribution in [0.5, 0.6) is 0 Å². The number of aliphatic carboxylic acids is 1.